The molecular formula is C42H58N8O14. The fraction of sp³-hybridized carbons (Fsp3) is 0.476. The lowest BCUT2D eigenvalue weighted by Gasteiger charge is -2.27. The van der Waals surface area contributed by atoms with Crippen molar-refractivity contribution in [2.45, 2.75) is 109 Å². The number of phenols is 1. The van der Waals surface area contributed by atoms with Crippen molar-refractivity contribution in [3.8, 4) is 5.75 Å². The van der Waals surface area contributed by atoms with Crippen LogP contribution in [-0.2, 0) is 49.6 Å². The molecule has 0 unspecified atom stereocenters. The highest BCUT2D eigenvalue weighted by Gasteiger charge is 2.33. The van der Waals surface area contributed by atoms with Crippen molar-refractivity contribution in [2.75, 3.05) is 13.2 Å². The number of aromatic hydroxyl groups is 1. The molecular weight excluding hydrogens is 841 g/mol. The molecule has 0 fully saturated rings. The summed E-state index contributed by atoms with van der Waals surface area (Å²) in [5.74, 6) is -10.1. The van der Waals surface area contributed by atoms with Crippen molar-refractivity contribution in [3.05, 3.63) is 65.2 Å². The summed E-state index contributed by atoms with van der Waals surface area (Å²) in [4.78, 5) is 127. The molecule has 0 aliphatic heterocycles. The molecule has 0 bridgehead atoms. The first-order valence-electron chi connectivity index (χ1n) is 20.4. The van der Waals surface area contributed by atoms with Crippen LogP contribution in [0.1, 0.15) is 80.8 Å². The molecule has 22 nitrogen and oxygen atoms in total. The van der Waals surface area contributed by atoms with E-state index >= 15 is 0 Å². The smallest absolute Gasteiger partial charge is 0.303 e. The predicted octanol–water partition coefficient (Wildman–Crippen LogP) is -1.75. The lowest BCUT2D eigenvalue weighted by Crippen LogP contribution is -2.60. The fourth-order valence-electron chi connectivity index (χ4n) is 6.02. The fourth-order valence-corrected chi connectivity index (χ4v) is 6.02. The van der Waals surface area contributed by atoms with Crippen molar-refractivity contribution in [1.82, 2.24) is 37.2 Å². The number of carbonyl (C=O) groups is 10. The average Bonchev–Trinajstić information content (AvgIpc) is 3.22. The Morgan fingerprint density at radius 2 is 1.14 bits per heavy atom. The number of carboxylic acids is 2. The molecule has 350 valence electrons. The van der Waals surface area contributed by atoms with Gasteiger partial charge in [-0.2, -0.15) is 0 Å². The Morgan fingerprint density at radius 3 is 1.69 bits per heavy atom. The van der Waals surface area contributed by atoms with E-state index in [0.717, 1.165) is 5.56 Å². The van der Waals surface area contributed by atoms with Crippen LogP contribution in [0.3, 0.4) is 0 Å². The van der Waals surface area contributed by atoms with E-state index in [0.29, 0.717) is 11.1 Å². The number of benzene rings is 2. The highest BCUT2D eigenvalue weighted by atomic mass is 16.4. The number of primary amides is 1. The van der Waals surface area contributed by atoms with E-state index in [1.807, 2.05) is 0 Å². The molecule has 2 rings (SSSR count). The van der Waals surface area contributed by atoms with Gasteiger partial charge in [-0.1, -0.05) is 43.7 Å². The van der Waals surface area contributed by atoms with Crippen molar-refractivity contribution in [1.29, 1.82) is 0 Å². The van der Waals surface area contributed by atoms with Gasteiger partial charge in [-0.3, -0.25) is 47.9 Å². The second-order valence-electron chi connectivity index (χ2n) is 15.4. The van der Waals surface area contributed by atoms with Crippen LogP contribution in [0.15, 0.2) is 48.5 Å². The first-order chi connectivity index (χ1) is 30.1. The van der Waals surface area contributed by atoms with E-state index in [9.17, 15) is 63.3 Å². The van der Waals surface area contributed by atoms with Gasteiger partial charge in [0.1, 0.15) is 42.0 Å². The number of hydrogen-bond acceptors (Lipinski definition) is 12. The van der Waals surface area contributed by atoms with Crippen LogP contribution in [0.4, 0.5) is 0 Å². The number of rotatable bonds is 27. The molecule has 0 aromatic heterocycles. The molecule has 22 heteroatoms. The minimum absolute atomic E-state index is 0.0198. The summed E-state index contributed by atoms with van der Waals surface area (Å²) in [5.41, 5.74) is 7.16. The third-order valence-electron chi connectivity index (χ3n) is 9.50. The third kappa shape index (κ3) is 19.3. The van der Waals surface area contributed by atoms with Crippen LogP contribution < -0.4 is 43.0 Å². The van der Waals surface area contributed by atoms with Gasteiger partial charge in [0.25, 0.3) is 5.91 Å². The van der Waals surface area contributed by atoms with Gasteiger partial charge < -0.3 is 63.4 Å². The number of amides is 8. The lowest BCUT2D eigenvalue weighted by molar-refractivity contribution is -0.139. The molecule has 64 heavy (non-hydrogen) atoms. The van der Waals surface area contributed by atoms with Crippen LogP contribution in [0.25, 0.3) is 0 Å². The highest BCUT2D eigenvalue weighted by molar-refractivity contribution is 5.99. The number of aryl methyl sites for hydroxylation is 2. The van der Waals surface area contributed by atoms with Gasteiger partial charge in [-0.25, -0.2) is 0 Å². The van der Waals surface area contributed by atoms with E-state index in [-0.39, 0.29) is 37.4 Å². The number of aliphatic carboxylic acids is 2. The largest absolute Gasteiger partial charge is 0.508 e. The van der Waals surface area contributed by atoms with Gasteiger partial charge in [0.05, 0.1) is 13.2 Å². The minimum Gasteiger partial charge on any atom is -0.508 e. The Kier molecular flexibility index (Phi) is 21.9. The number of aliphatic hydroxyl groups is 1. The first-order valence-corrected chi connectivity index (χ1v) is 20.4. The summed E-state index contributed by atoms with van der Waals surface area (Å²) < 4.78 is 0. The van der Waals surface area contributed by atoms with Crippen molar-refractivity contribution in [2.24, 2.45) is 11.7 Å². The number of nitrogens with two attached hydrogens (primary N) is 1. The summed E-state index contributed by atoms with van der Waals surface area (Å²) in [6.45, 7) is 4.86. The summed E-state index contributed by atoms with van der Waals surface area (Å²) in [6.07, 6.45) is -1.92. The molecule has 0 aliphatic carbocycles. The standard InChI is InChI=1S/C42H58N8O14/c1-22(2)18-31(41(63)48-30(13-10-25-8-11-27(52)12-9-25)40(62)47-28(36(43)58)14-16-34(54)55)49-42(64)32(21-51)50-39(61)29(15-17-35(56)57)46-33(53)20-44-37(59)24(4)45-38(60)26-7-5-6-23(3)19-26/h5-9,11-12,19,22,24,28-32,51-52H,10,13-18,20-21H2,1-4H3,(H2,43,58)(H,44,59)(H,45,60)(H,46,53)(H,47,62)(H,48,63)(H,49,64)(H,50,61)(H,54,55)(H,56,57)/t24-,28-,29-,30-,31-,32-/m0/s1. The lowest BCUT2D eigenvalue weighted by atomic mass is 10.00. The van der Waals surface area contributed by atoms with E-state index in [1.165, 1.54) is 19.1 Å². The van der Waals surface area contributed by atoms with Crippen LogP contribution >= 0.6 is 0 Å². The first kappa shape index (κ1) is 53.0. The Labute approximate surface area is 368 Å². The second kappa shape index (κ2) is 26.4. The normalized spacial score (nSPS) is 13.7. The number of hydrogen-bond donors (Lipinski definition) is 12. The molecule has 2 aromatic rings. The Bertz CT molecular complexity index is 1990. The molecule has 2 aromatic carbocycles. The second-order valence-corrected chi connectivity index (χ2v) is 15.4. The van der Waals surface area contributed by atoms with Gasteiger partial charge in [0, 0.05) is 18.4 Å². The molecule has 0 spiro atoms. The Balaban J connectivity index is 2.19. The maximum Gasteiger partial charge on any atom is 0.303 e. The highest BCUT2D eigenvalue weighted by Crippen LogP contribution is 2.14. The van der Waals surface area contributed by atoms with E-state index in [1.54, 1.807) is 57.2 Å². The van der Waals surface area contributed by atoms with Gasteiger partial charge >= 0.3 is 11.9 Å². The zero-order chi connectivity index (χ0) is 48.1. The van der Waals surface area contributed by atoms with Crippen molar-refractivity contribution >= 4 is 59.2 Å². The molecule has 0 aliphatic rings. The van der Waals surface area contributed by atoms with Gasteiger partial charge in [-0.15, -0.1) is 0 Å². The number of carbonyl (C=O) groups excluding carboxylic acids is 8. The van der Waals surface area contributed by atoms with Crippen LogP contribution in [0.2, 0.25) is 0 Å². The minimum atomic E-state index is -1.75. The molecule has 13 N–H and O–H groups in total. The predicted molar refractivity (Wildman–Crippen MR) is 227 cm³/mol. The molecule has 0 saturated heterocycles. The summed E-state index contributed by atoms with van der Waals surface area (Å²) in [6, 6.07) is 3.96. The Morgan fingerprint density at radius 1 is 0.625 bits per heavy atom. The molecule has 0 radical (unpaired) electrons. The van der Waals surface area contributed by atoms with E-state index < -0.39 is 128 Å². The van der Waals surface area contributed by atoms with Gasteiger partial charge in [0.2, 0.25) is 41.4 Å². The molecule has 0 heterocycles. The maximum absolute atomic E-state index is 13.8. The summed E-state index contributed by atoms with van der Waals surface area (Å²) in [7, 11) is 0. The maximum atomic E-state index is 13.8. The quantitative estimate of drug-likeness (QED) is 0.0473. The zero-order valence-electron chi connectivity index (χ0n) is 36.0. The molecule has 8 amide bonds. The third-order valence-corrected chi connectivity index (χ3v) is 9.50. The average molecular weight is 899 g/mol. The van der Waals surface area contributed by atoms with Gasteiger partial charge in [0.15, 0.2) is 0 Å². The summed E-state index contributed by atoms with van der Waals surface area (Å²) in [5, 5.41) is 54.8. The number of phenolic OH excluding ortho intramolecular Hbond substituents is 1. The van der Waals surface area contributed by atoms with Gasteiger partial charge in [-0.05, 0) is 81.7 Å². The van der Waals surface area contributed by atoms with Crippen molar-refractivity contribution < 1.29 is 68.4 Å². The molecule has 0 saturated carbocycles. The van der Waals surface area contributed by atoms with Crippen LogP contribution in [0, 0.1) is 12.8 Å². The summed E-state index contributed by atoms with van der Waals surface area (Å²) >= 11 is 0. The molecule has 6 atom stereocenters. The zero-order valence-corrected chi connectivity index (χ0v) is 36.0. The van der Waals surface area contributed by atoms with Crippen LogP contribution in [-0.4, -0.2) is 129 Å². The van der Waals surface area contributed by atoms with E-state index in [4.69, 9.17) is 10.8 Å². The number of carboxylic acid groups (broad SMARTS) is 2. The van der Waals surface area contributed by atoms with Crippen molar-refractivity contribution in [3.63, 3.8) is 0 Å². The SMILES string of the molecule is Cc1cccc(C(=O)N[C@@H](C)C(=O)NCC(=O)N[C@@H](CCC(=O)O)C(=O)N[C@@H](CO)C(=O)N[C@@H](CC(C)C)C(=O)N[C@@H](CCc2ccc(O)cc2)C(=O)N[C@@H](CCC(=O)O)C(N)=O)c1. The monoisotopic (exact) mass is 898 g/mol. The number of aliphatic hydroxyl groups excluding tert-OH is 1. The van der Waals surface area contributed by atoms with E-state index in [2.05, 4.69) is 37.2 Å². The van der Waals surface area contributed by atoms with Crippen LogP contribution in [0.5, 0.6) is 5.75 Å². The topological polar surface area (TPSA) is 362 Å². The number of nitrogens with one attached hydrogen (secondary N) is 7. The Hall–Kier alpha value is -7.10.